The summed E-state index contributed by atoms with van der Waals surface area (Å²) >= 11 is 3.57. The lowest BCUT2D eigenvalue weighted by Gasteiger charge is -2.09. The summed E-state index contributed by atoms with van der Waals surface area (Å²) in [4.78, 5) is 5.02. The Morgan fingerprint density at radius 2 is 1.29 bits per heavy atom. The van der Waals surface area contributed by atoms with E-state index >= 15 is 0 Å². The van der Waals surface area contributed by atoms with Crippen LogP contribution in [0.15, 0.2) is 108 Å². The van der Waals surface area contributed by atoms with Crippen LogP contribution in [0, 0.1) is 0 Å². The first kappa shape index (κ1) is 17.0. The van der Waals surface area contributed by atoms with Gasteiger partial charge < -0.3 is 0 Å². The van der Waals surface area contributed by atoms with Crippen molar-refractivity contribution in [3.8, 4) is 28.2 Å². The van der Waals surface area contributed by atoms with Gasteiger partial charge in [-0.2, -0.15) is 0 Å². The molecule has 5 aromatic rings. The highest BCUT2D eigenvalue weighted by molar-refractivity contribution is 9.10. The summed E-state index contributed by atoms with van der Waals surface area (Å²) in [5, 5.41) is 0. The number of para-hydroxylation sites is 1. The Bertz CT molecular complexity index is 1260. The Labute approximate surface area is 172 Å². The third-order valence-electron chi connectivity index (χ3n) is 4.86. The SMILES string of the molecule is Brc1cccc(-c2ccc3c(c2)nc(-c2ccccc2)n3-c2ccccc2)c1. The second-order valence-electron chi connectivity index (χ2n) is 6.69. The van der Waals surface area contributed by atoms with E-state index in [0.29, 0.717) is 0 Å². The topological polar surface area (TPSA) is 17.8 Å². The van der Waals surface area contributed by atoms with E-state index in [0.717, 1.165) is 38.1 Å². The second-order valence-corrected chi connectivity index (χ2v) is 7.60. The van der Waals surface area contributed by atoms with Crippen molar-refractivity contribution in [2.24, 2.45) is 0 Å². The molecule has 0 fully saturated rings. The molecular formula is C25H17BrN2. The summed E-state index contributed by atoms with van der Waals surface area (Å²) in [6, 6.07) is 35.6. The van der Waals surface area contributed by atoms with Crippen molar-refractivity contribution >= 4 is 27.0 Å². The lowest BCUT2D eigenvalue weighted by atomic mass is 10.1. The van der Waals surface area contributed by atoms with Crippen LogP contribution in [0.2, 0.25) is 0 Å². The van der Waals surface area contributed by atoms with Crippen LogP contribution < -0.4 is 0 Å². The Morgan fingerprint density at radius 1 is 0.607 bits per heavy atom. The van der Waals surface area contributed by atoms with Gasteiger partial charge in [0.15, 0.2) is 0 Å². The maximum Gasteiger partial charge on any atom is 0.145 e. The molecule has 4 aromatic carbocycles. The first-order valence-corrected chi connectivity index (χ1v) is 9.98. The van der Waals surface area contributed by atoms with E-state index in [1.54, 1.807) is 0 Å². The van der Waals surface area contributed by atoms with Crippen molar-refractivity contribution in [2.45, 2.75) is 0 Å². The molecule has 0 aliphatic carbocycles. The third kappa shape index (κ3) is 3.04. The molecule has 0 bridgehead atoms. The van der Waals surface area contributed by atoms with Gasteiger partial charge >= 0.3 is 0 Å². The van der Waals surface area contributed by atoms with Gasteiger partial charge in [0, 0.05) is 15.7 Å². The molecular weight excluding hydrogens is 408 g/mol. The molecule has 0 N–H and O–H groups in total. The van der Waals surface area contributed by atoms with Gasteiger partial charge in [-0.1, -0.05) is 82.7 Å². The van der Waals surface area contributed by atoms with Crippen molar-refractivity contribution in [2.75, 3.05) is 0 Å². The van der Waals surface area contributed by atoms with Crippen LogP contribution in [0.3, 0.4) is 0 Å². The zero-order chi connectivity index (χ0) is 18.9. The van der Waals surface area contributed by atoms with Gasteiger partial charge in [0.25, 0.3) is 0 Å². The molecule has 134 valence electrons. The molecule has 0 amide bonds. The van der Waals surface area contributed by atoms with Crippen molar-refractivity contribution in [1.29, 1.82) is 0 Å². The Kier molecular flexibility index (Phi) is 4.30. The maximum absolute atomic E-state index is 5.02. The minimum atomic E-state index is 0.952. The van der Waals surface area contributed by atoms with Crippen LogP contribution >= 0.6 is 15.9 Å². The number of benzene rings is 4. The largest absolute Gasteiger partial charge is 0.292 e. The molecule has 0 atom stereocenters. The summed E-state index contributed by atoms with van der Waals surface area (Å²) in [6.07, 6.45) is 0. The molecule has 0 spiro atoms. The van der Waals surface area contributed by atoms with Crippen LogP contribution in [0.4, 0.5) is 0 Å². The van der Waals surface area contributed by atoms with Crippen LogP contribution in [0.1, 0.15) is 0 Å². The number of imidazole rings is 1. The number of aromatic nitrogens is 2. The minimum Gasteiger partial charge on any atom is -0.292 e. The van der Waals surface area contributed by atoms with E-state index in [1.165, 1.54) is 5.56 Å². The first-order valence-electron chi connectivity index (χ1n) is 9.19. The number of halogens is 1. The highest BCUT2D eigenvalue weighted by atomic mass is 79.9. The smallest absolute Gasteiger partial charge is 0.145 e. The van der Waals surface area contributed by atoms with E-state index in [9.17, 15) is 0 Å². The molecule has 0 saturated carbocycles. The zero-order valence-corrected chi connectivity index (χ0v) is 16.7. The normalized spacial score (nSPS) is 11.0. The number of hydrogen-bond acceptors (Lipinski definition) is 1. The monoisotopic (exact) mass is 424 g/mol. The summed E-state index contributed by atoms with van der Waals surface area (Å²) in [5.74, 6) is 0.952. The van der Waals surface area contributed by atoms with Crippen molar-refractivity contribution in [1.82, 2.24) is 9.55 Å². The van der Waals surface area contributed by atoms with Gasteiger partial charge in [0.05, 0.1) is 11.0 Å². The molecule has 0 unspecified atom stereocenters. The lowest BCUT2D eigenvalue weighted by molar-refractivity contribution is 1.10. The van der Waals surface area contributed by atoms with Crippen LogP contribution in [0.25, 0.3) is 39.2 Å². The average Bonchev–Trinajstić information content (AvgIpc) is 3.14. The van der Waals surface area contributed by atoms with Gasteiger partial charge in [0.2, 0.25) is 0 Å². The molecule has 0 aliphatic rings. The summed E-state index contributed by atoms with van der Waals surface area (Å²) in [6.45, 7) is 0. The molecule has 0 aliphatic heterocycles. The Balaban J connectivity index is 1.76. The van der Waals surface area contributed by atoms with Gasteiger partial charge in [-0.25, -0.2) is 4.98 Å². The molecule has 0 radical (unpaired) electrons. The highest BCUT2D eigenvalue weighted by Crippen LogP contribution is 2.32. The van der Waals surface area contributed by atoms with Gasteiger partial charge in [0.1, 0.15) is 5.82 Å². The third-order valence-corrected chi connectivity index (χ3v) is 5.35. The fraction of sp³-hybridized carbons (Fsp3) is 0. The van der Waals surface area contributed by atoms with E-state index in [2.05, 4.69) is 105 Å². The number of rotatable bonds is 3. The number of fused-ring (bicyclic) bond motifs is 1. The van der Waals surface area contributed by atoms with Crippen LogP contribution in [0.5, 0.6) is 0 Å². The summed E-state index contributed by atoms with van der Waals surface area (Å²) in [7, 11) is 0. The first-order chi connectivity index (χ1) is 13.8. The molecule has 5 rings (SSSR count). The second kappa shape index (κ2) is 7.10. The van der Waals surface area contributed by atoms with Crippen molar-refractivity contribution in [3.63, 3.8) is 0 Å². The van der Waals surface area contributed by atoms with Crippen molar-refractivity contribution in [3.05, 3.63) is 108 Å². The van der Waals surface area contributed by atoms with E-state index < -0.39 is 0 Å². The molecule has 1 heterocycles. The molecule has 1 aromatic heterocycles. The highest BCUT2D eigenvalue weighted by Gasteiger charge is 2.14. The van der Waals surface area contributed by atoms with Crippen LogP contribution in [-0.4, -0.2) is 9.55 Å². The predicted molar refractivity (Wildman–Crippen MR) is 120 cm³/mol. The van der Waals surface area contributed by atoms with Crippen molar-refractivity contribution < 1.29 is 0 Å². The van der Waals surface area contributed by atoms with Gasteiger partial charge in [-0.3, -0.25) is 4.57 Å². The summed E-state index contributed by atoms with van der Waals surface area (Å²) < 4.78 is 3.31. The van der Waals surface area contributed by atoms with E-state index in [4.69, 9.17) is 4.98 Å². The molecule has 2 nitrogen and oxygen atoms in total. The number of hydrogen-bond donors (Lipinski definition) is 0. The van der Waals surface area contributed by atoms with Gasteiger partial charge in [-0.05, 0) is 47.5 Å². The van der Waals surface area contributed by atoms with Crippen LogP contribution in [-0.2, 0) is 0 Å². The number of nitrogens with zero attached hydrogens (tertiary/aromatic N) is 2. The standard InChI is InChI=1S/C25H17BrN2/c26-21-11-7-10-19(16-21)20-14-15-24-23(17-20)27-25(18-8-3-1-4-9-18)28(24)22-12-5-2-6-13-22/h1-17H. The fourth-order valence-electron chi connectivity index (χ4n) is 3.55. The Morgan fingerprint density at radius 3 is 2.04 bits per heavy atom. The predicted octanol–water partition coefficient (Wildman–Crippen LogP) is 7.12. The quantitative estimate of drug-likeness (QED) is 0.301. The lowest BCUT2D eigenvalue weighted by Crippen LogP contribution is -1.97. The molecule has 3 heteroatoms. The van der Waals surface area contributed by atoms with E-state index in [1.807, 2.05) is 18.2 Å². The zero-order valence-electron chi connectivity index (χ0n) is 15.1. The van der Waals surface area contributed by atoms with E-state index in [-0.39, 0.29) is 0 Å². The molecule has 28 heavy (non-hydrogen) atoms. The summed E-state index contributed by atoms with van der Waals surface area (Å²) in [5.41, 5.74) is 6.63. The fourth-order valence-corrected chi connectivity index (χ4v) is 3.95. The molecule has 0 saturated heterocycles. The van der Waals surface area contributed by atoms with Gasteiger partial charge in [-0.15, -0.1) is 0 Å². The maximum atomic E-state index is 5.02. The Hall–Kier alpha value is -3.17. The average molecular weight is 425 g/mol. The minimum absolute atomic E-state index is 0.952.